The summed E-state index contributed by atoms with van der Waals surface area (Å²) in [6.45, 7) is 3.54. The van der Waals surface area contributed by atoms with E-state index < -0.39 is 0 Å². The Morgan fingerprint density at radius 1 is 1.00 bits per heavy atom. The predicted molar refractivity (Wildman–Crippen MR) is 82.9 cm³/mol. The molecule has 0 amide bonds. The van der Waals surface area contributed by atoms with E-state index in [4.69, 9.17) is 4.74 Å². The monoisotopic (exact) mass is 283 g/mol. The Morgan fingerprint density at radius 3 is 2.60 bits per heavy atom. The van der Waals surface area contributed by atoms with E-state index in [-0.39, 0.29) is 6.10 Å². The Balaban J connectivity index is 1.55. The molecule has 2 fully saturated rings. The SMILES string of the molecule is CC1CCCC(NCC(O)COC2CCCCC2)CC1. The summed E-state index contributed by atoms with van der Waals surface area (Å²) in [4.78, 5) is 0. The Labute approximate surface area is 124 Å². The number of nitrogens with one attached hydrogen (secondary N) is 1. The van der Waals surface area contributed by atoms with E-state index in [2.05, 4.69) is 12.2 Å². The first-order valence-corrected chi connectivity index (χ1v) is 8.77. The van der Waals surface area contributed by atoms with Crippen LogP contribution >= 0.6 is 0 Å². The number of hydrogen-bond donors (Lipinski definition) is 2. The first-order chi connectivity index (χ1) is 9.74. The van der Waals surface area contributed by atoms with Crippen LogP contribution in [-0.2, 0) is 4.74 Å². The summed E-state index contributed by atoms with van der Waals surface area (Å²) in [5.41, 5.74) is 0. The molecule has 0 saturated heterocycles. The fourth-order valence-corrected chi connectivity index (χ4v) is 3.53. The van der Waals surface area contributed by atoms with E-state index in [1.165, 1.54) is 64.2 Å². The van der Waals surface area contributed by atoms with Crippen LogP contribution in [0.15, 0.2) is 0 Å². The average molecular weight is 283 g/mol. The molecule has 0 aromatic rings. The van der Waals surface area contributed by atoms with Crippen LogP contribution in [0.25, 0.3) is 0 Å². The molecule has 0 aromatic heterocycles. The molecule has 0 aliphatic heterocycles. The summed E-state index contributed by atoms with van der Waals surface area (Å²) in [6.07, 6.45) is 12.9. The van der Waals surface area contributed by atoms with Gasteiger partial charge in [-0.25, -0.2) is 0 Å². The highest BCUT2D eigenvalue weighted by Gasteiger charge is 2.18. The van der Waals surface area contributed by atoms with E-state index in [0.29, 0.717) is 25.3 Å². The van der Waals surface area contributed by atoms with Crippen LogP contribution in [-0.4, -0.2) is 36.5 Å². The lowest BCUT2D eigenvalue weighted by Gasteiger charge is -2.24. The zero-order chi connectivity index (χ0) is 14.2. The van der Waals surface area contributed by atoms with Crippen molar-refractivity contribution in [3.63, 3.8) is 0 Å². The number of aliphatic hydroxyl groups is 1. The highest BCUT2D eigenvalue weighted by Crippen LogP contribution is 2.23. The van der Waals surface area contributed by atoms with Gasteiger partial charge in [0, 0.05) is 12.6 Å². The summed E-state index contributed by atoms with van der Waals surface area (Å²) >= 11 is 0. The number of hydrogen-bond acceptors (Lipinski definition) is 3. The first-order valence-electron chi connectivity index (χ1n) is 8.77. The van der Waals surface area contributed by atoms with Gasteiger partial charge in [-0.3, -0.25) is 0 Å². The van der Waals surface area contributed by atoms with E-state index in [0.717, 1.165) is 5.92 Å². The van der Waals surface area contributed by atoms with Crippen LogP contribution in [0.5, 0.6) is 0 Å². The zero-order valence-electron chi connectivity index (χ0n) is 13.2. The molecule has 2 N–H and O–H groups in total. The van der Waals surface area contributed by atoms with Gasteiger partial charge in [-0.15, -0.1) is 0 Å². The number of ether oxygens (including phenoxy) is 1. The van der Waals surface area contributed by atoms with Gasteiger partial charge >= 0.3 is 0 Å². The molecule has 3 nitrogen and oxygen atoms in total. The molecule has 0 bridgehead atoms. The average Bonchev–Trinajstić information content (AvgIpc) is 2.68. The third kappa shape index (κ3) is 6.11. The molecule has 2 rings (SSSR count). The zero-order valence-corrected chi connectivity index (χ0v) is 13.2. The Hall–Kier alpha value is -0.120. The van der Waals surface area contributed by atoms with E-state index >= 15 is 0 Å². The van der Waals surface area contributed by atoms with Crippen LogP contribution in [0.4, 0.5) is 0 Å². The van der Waals surface area contributed by atoms with Crippen molar-refractivity contribution in [3.8, 4) is 0 Å². The van der Waals surface area contributed by atoms with Crippen LogP contribution in [0.3, 0.4) is 0 Å². The fraction of sp³-hybridized carbons (Fsp3) is 1.00. The molecule has 2 saturated carbocycles. The van der Waals surface area contributed by atoms with Crippen molar-refractivity contribution >= 4 is 0 Å². The van der Waals surface area contributed by atoms with Gasteiger partial charge in [0.15, 0.2) is 0 Å². The molecule has 0 aromatic carbocycles. The summed E-state index contributed by atoms with van der Waals surface area (Å²) < 4.78 is 5.84. The molecule has 3 unspecified atom stereocenters. The highest BCUT2D eigenvalue weighted by molar-refractivity contribution is 4.75. The summed E-state index contributed by atoms with van der Waals surface area (Å²) in [5.74, 6) is 0.876. The van der Waals surface area contributed by atoms with Crippen molar-refractivity contribution in [1.82, 2.24) is 5.32 Å². The predicted octanol–water partition coefficient (Wildman–Crippen LogP) is 3.26. The van der Waals surface area contributed by atoms with Gasteiger partial charge in [0.1, 0.15) is 0 Å². The third-order valence-corrected chi connectivity index (χ3v) is 4.98. The second kappa shape index (κ2) is 9.01. The smallest absolute Gasteiger partial charge is 0.0897 e. The Kier molecular flexibility index (Phi) is 7.32. The Bertz CT molecular complexity index is 253. The lowest BCUT2D eigenvalue weighted by Crippen LogP contribution is -2.38. The van der Waals surface area contributed by atoms with Crippen molar-refractivity contribution in [2.24, 2.45) is 5.92 Å². The number of rotatable bonds is 6. The Morgan fingerprint density at radius 2 is 1.80 bits per heavy atom. The van der Waals surface area contributed by atoms with Gasteiger partial charge in [-0.2, -0.15) is 0 Å². The van der Waals surface area contributed by atoms with Crippen LogP contribution < -0.4 is 5.32 Å². The molecular formula is C17H33NO2. The van der Waals surface area contributed by atoms with Crippen molar-refractivity contribution in [3.05, 3.63) is 0 Å². The maximum atomic E-state index is 10.0. The fourth-order valence-electron chi connectivity index (χ4n) is 3.53. The third-order valence-electron chi connectivity index (χ3n) is 4.98. The molecule has 3 heteroatoms. The lowest BCUT2D eigenvalue weighted by atomic mass is 9.98. The minimum Gasteiger partial charge on any atom is -0.389 e. The molecular weight excluding hydrogens is 250 g/mol. The van der Waals surface area contributed by atoms with Crippen LogP contribution in [0, 0.1) is 5.92 Å². The maximum Gasteiger partial charge on any atom is 0.0897 e. The topological polar surface area (TPSA) is 41.5 Å². The van der Waals surface area contributed by atoms with Crippen molar-refractivity contribution in [2.45, 2.75) is 89.4 Å². The van der Waals surface area contributed by atoms with Crippen LogP contribution in [0.2, 0.25) is 0 Å². The standard InChI is InChI=1S/C17H33NO2/c1-14-6-5-7-15(11-10-14)18-12-16(19)13-20-17-8-3-2-4-9-17/h14-19H,2-13H2,1H3. The second-order valence-electron chi connectivity index (χ2n) is 6.97. The maximum absolute atomic E-state index is 10.0. The molecule has 2 aliphatic carbocycles. The van der Waals surface area contributed by atoms with E-state index in [9.17, 15) is 5.11 Å². The second-order valence-corrected chi connectivity index (χ2v) is 6.97. The summed E-state index contributed by atoms with van der Waals surface area (Å²) in [5, 5.41) is 13.6. The molecule has 3 atom stereocenters. The normalized spacial score (nSPS) is 30.9. The molecule has 118 valence electrons. The van der Waals surface area contributed by atoms with Gasteiger partial charge in [-0.05, 0) is 38.0 Å². The molecule has 0 spiro atoms. The molecule has 2 aliphatic rings. The highest BCUT2D eigenvalue weighted by atomic mass is 16.5. The minimum absolute atomic E-state index is 0.349. The van der Waals surface area contributed by atoms with Gasteiger partial charge in [0.05, 0.1) is 18.8 Å². The van der Waals surface area contributed by atoms with Crippen molar-refractivity contribution in [1.29, 1.82) is 0 Å². The largest absolute Gasteiger partial charge is 0.389 e. The van der Waals surface area contributed by atoms with Crippen LogP contribution in [0.1, 0.15) is 71.1 Å². The van der Waals surface area contributed by atoms with Crippen molar-refractivity contribution in [2.75, 3.05) is 13.2 Å². The summed E-state index contributed by atoms with van der Waals surface area (Å²) in [7, 11) is 0. The van der Waals surface area contributed by atoms with Gasteiger partial charge in [-0.1, -0.05) is 39.0 Å². The minimum atomic E-state index is -0.349. The van der Waals surface area contributed by atoms with E-state index in [1.54, 1.807) is 0 Å². The molecule has 20 heavy (non-hydrogen) atoms. The van der Waals surface area contributed by atoms with E-state index in [1.807, 2.05) is 0 Å². The van der Waals surface area contributed by atoms with Crippen molar-refractivity contribution < 1.29 is 9.84 Å². The summed E-state index contributed by atoms with van der Waals surface area (Å²) in [6, 6.07) is 0.601. The van der Waals surface area contributed by atoms with Gasteiger partial charge in [0.25, 0.3) is 0 Å². The quantitative estimate of drug-likeness (QED) is 0.735. The van der Waals surface area contributed by atoms with Gasteiger partial charge in [0.2, 0.25) is 0 Å². The molecule has 0 heterocycles. The van der Waals surface area contributed by atoms with Gasteiger partial charge < -0.3 is 15.2 Å². The molecule has 0 radical (unpaired) electrons. The first kappa shape index (κ1) is 16.3. The number of aliphatic hydroxyl groups excluding tert-OH is 1. The lowest BCUT2D eigenvalue weighted by molar-refractivity contribution is -0.0237.